The summed E-state index contributed by atoms with van der Waals surface area (Å²) < 4.78 is 38.2. The van der Waals surface area contributed by atoms with Crippen LogP contribution in [0.3, 0.4) is 0 Å². The normalized spacial score (nSPS) is 18.5. The minimum Gasteiger partial charge on any atom is -0.493 e. The quantitative estimate of drug-likeness (QED) is 0.410. The summed E-state index contributed by atoms with van der Waals surface area (Å²) in [6.07, 6.45) is 7.47. The molecule has 0 amide bonds. The van der Waals surface area contributed by atoms with Gasteiger partial charge in [-0.15, -0.1) is 0 Å². The molecule has 0 atom stereocenters. The molecule has 1 fully saturated rings. The van der Waals surface area contributed by atoms with Crippen molar-refractivity contribution in [2.45, 2.75) is 45.4 Å². The van der Waals surface area contributed by atoms with Crippen LogP contribution in [0.4, 0.5) is 8.78 Å². The minimum absolute atomic E-state index is 0.229. The molecule has 2 aromatic rings. The predicted octanol–water partition coefficient (Wildman–Crippen LogP) is 6.04. The molecule has 1 saturated carbocycles. The average Bonchev–Trinajstić information content (AvgIpc) is 2.73. The fraction of sp³-hybridized carbons (Fsp3) is 0.417. The van der Waals surface area contributed by atoms with E-state index in [-0.39, 0.29) is 11.3 Å². The lowest BCUT2D eigenvalue weighted by Gasteiger charge is -2.28. The van der Waals surface area contributed by atoms with E-state index in [0.717, 1.165) is 18.1 Å². The summed E-state index contributed by atoms with van der Waals surface area (Å²) in [6.45, 7) is 2.89. The summed E-state index contributed by atoms with van der Waals surface area (Å²) in [5.74, 6) is -1.12. The minimum atomic E-state index is -1.08. The highest BCUT2D eigenvalue weighted by molar-refractivity contribution is 5.91. The molecular weight excluding hydrogens is 388 g/mol. The molecule has 0 bridgehead atoms. The highest BCUT2D eigenvalue weighted by Crippen LogP contribution is 2.32. The van der Waals surface area contributed by atoms with Gasteiger partial charge in [-0.3, -0.25) is 0 Å². The number of benzene rings is 2. The number of carbonyl (C=O) groups excluding carboxylic acids is 1. The van der Waals surface area contributed by atoms with Crippen LogP contribution in [-0.4, -0.2) is 12.6 Å². The molecule has 3 rings (SSSR count). The van der Waals surface area contributed by atoms with Crippen molar-refractivity contribution in [3.8, 4) is 17.6 Å². The Bertz CT molecular complexity index is 890. The molecule has 1 aliphatic rings. The van der Waals surface area contributed by atoms with E-state index in [1.165, 1.54) is 44.6 Å². The van der Waals surface area contributed by atoms with Crippen LogP contribution in [0.25, 0.3) is 0 Å². The molecule has 2 aromatic carbocycles. The Morgan fingerprint density at radius 3 is 2.20 bits per heavy atom. The van der Waals surface area contributed by atoms with Gasteiger partial charge in [-0.2, -0.15) is 5.26 Å². The SMILES string of the molecule is CCC[C@H]1CC[C@H](COc2ccc(C(=O)Oc3cc(F)c(C#N)c(F)c3)cc2)CC1. The Hall–Kier alpha value is -2.94. The van der Waals surface area contributed by atoms with Gasteiger partial charge in [0, 0.05) is 12.1 Å². The van der Waals surface area contributed by atoms with Gasteiger partial charge in [0.15, 0.2) is 0 Å². The van der Waals surface area contributed by atoms with E-state index < -0.39 is 23.2 Å². The van der Waals surface area contributed by atoms with Crippen LogP contribution in [0.1, 0.15) is 61.4 Å². The van der Waals surface area contributed by atoms with Crippen LogP contribution in [0.5, 0.6) is 11.5 Å². The number of hydrogen-bond acceptors (Lipinski definition) is 4. The molecule has 0 aromatic heterocycles. The van der Waals surface area contributed by atoms with Gasteiger partial charge in [0.2, 0.25) is 0 Å². The molecular formula is C24H25F2NO3. The van der Waals surface area contributed by atoms with E-state index in [4.69, 9.17) is 14.7 Å². The highest BCUT2D eigenvalue weighted by Gasteiger charge is 2.21. The third kappa shape index (κ3) is 5.56. The second-order valence-electron chi connectivity index (χ2n) is 7.77. The number of rotatable bonds is 7. The lowest BCUT2D eigenvalue weighted by molar-refractivity contribution is 0.0734. The standard InChI is InChI=1S/C24H25F2NO3/c1-2-3-16-4-6-17(7-5-16)15-29-19-10-8-18(9-11-19)24(28)30-20-12-22(25)21(14-27)23(26)13-20/h8-13,16-17H,2-7,15H2,1H3/t16-,17-. The van der Waals surface area contributed by atoms with Gasteiger partial charge in [0.25, 0.3) is 0 Å². The molecule has 0 spiro atoms. The van der Waals surface area contributed by atoms with Gasteiger partial charge in [-0.1, -0.05) is 32.6 Å². The summed E-state index contributed by atoms with van der Waals surface area (Å²) in [7, 11) is 0. The monoisotopic (exact) mass is 413 g/mol. The summed E-state index contributed by atoms with van der Waals surface area (Å²) in [5.41, 5.74) is -0.484. The molecule has 158 valence electrons. The van der Waals surface area contributed by atoms with Crippen LogP contribution in [0.15, 0.2) is 36.4 Å². The van der Waals surface area contributed by atoms with Gasteiger partial charge < -0.3 is 9.47 Å². The summed E-state index contributed by atoms with van der Waals surface area (Å²) in [4.78, 5) is 12.2. The number of carbonyl (C=O) groups is 1. The zero-order chi connectivity index (χ0) is 21.5. The summed E-state index contributed by atoms with van der Waals surface area (Å²) in [5, 5.41) is 8.69. The Labute approximate surface area is 175 Å². The van der Waals surface area contributed by atoms with E-state index in [0.29, 0.717) is 18.3 Å². The zero-order valence-corrected chi connectivity index (χ0v) is 17.0. The van der Waals surface area contributed by atoms with Crippen LogP contribution in [-0.2, 0) is 0 Å². The van der Waals surface area contributed by atoms with E-state index in [1.807, 2.05) is 0 Å². The lowest BCUT2D eigenvalue weighted by Crippen LogP contribution is -2.20. The van der Waals surface area contributed by atoms with Crippen molar-refractivity contribution in [2.75, 3.05) is 6.61 Å². The van der Waals surface area contributed by atoms with Gasteiger partial charge in [0.1, 0.15) is 34.8 Å². The molecule has 6 heteroatoms. The smallest absolute Gasteiger partial charge is 0.343 e. The molecule has 1 aliphatic carbocycles. The summed E-state index contributed by atoms with van der Waals surface area (Å²) in [6, 6.07) is 9.50. The van der Waals surface area contributed by atoms with Gasteiger partial charge >= 0.3 is 5.97 Å². The van der Waals surface area contributed by atoms with Crippen LogP contribution in [0.2, 0.25) is 0 Å². The fourth-order valence-corrected chi connectivity index (χ4v) is 3.88. The third-order valence-corrected chi connectivity index (χ3v) is 5.58. The van der Waals surface area contributed by atoms with Crippen molar-refractivity contribution in [1.29, 1.82) is 5.26 Å². The topological polar surface area (TPSA) is 59.3 Å². The number of esters is 1. The Kier molecular flexibility index (Phi) is 7.40. The Morgan fingerprint density at radius 1 is 1.03 bits per heavy atom. The van der Waals surface area contributed by atoms with E-state index in [2.05, 4.69) is 6.92 Å². The van der Waals surface area contributed by atoms with Gasteiger partial charge in [-0.05, 0) is 48.9 Å². The molecule has 0 heterocycles. The van der Waals surface area contributed by atoms with Crippen molar-refractivity contribution in [3.63, 3.8) is 0 Å². The first kappa shape index (κ1) is 21.8. The average molecular weight is 413 g/mol. The van der Waals surface area contributed by atoms with Crippen molar-refractivity contribution in [3.05, 3.63) is 59.2 Å². The Balaban J connectivity index is 1.52. The van der Waals surface area contributed by atoms with Crippen LogP contribution >= 0.6 is 0 Å². The maximum absolute atomic E-state index is 13.6. The maximum Gasteiger partial charge on any atom is 0.343 e. The van der Waals surface area contributed by atoms with Gasteiger partial charge in [0.05, 0.1) is 12.2 Å². The van der Waals surface area contributed by atoms with E-state index in [1.54, 1.807) is 24.3 Å². The first-order chi connectivity index (χ1) is 14.5. The maximum atomic E-state index is 13.6. The second kappa shape index (κ2) is 10.2. The van der Waals surface area contributed by atoms with Crippen molar-refractivity contribution < 1.29 is 23.0 Å². The van der Waals surface area contributed by atoms with Crippen molar-refractivity contribution >= 4 is 5.97 Å². The van der Waals surface area contributed by atoms with Crippen molar-refractivity contribution in [2.24, 2.45) is 11.8 Å². The molecule has 0 aliphatic heterocycles. The van der Waals surface area contributed by atoms with Gasteiger partial charge in [-0.25, -0.2) is 13.6 Å². The zero-order valence-electron chi connectivity index (χ0n) is 17.0. The van der Waals surface area contributed by atoms with E-state index in [9.17, 15) is 13.6 Å². The fourth-order valence-electron chi connectivity index (χ4n) is 3.88. The van der Waals surface area contributed by atoms with E-state index >= 15 is 0 Å². The summed E-state index contributed by atoms with van der Waals surface area (Å²) >= 11 is 0. The highest BCUT2D eigenvalue weighted by atomic mass is 19.1. The molecule has 0 radical (unpaired) electrons. The van der Waals surface area contributed by atoms with Crippen LogP contribution < -0.4 is 9.47 Å². The number of halogens is 2. The first-order valence-electron chi connectivity index (χ1n) is 10.3. The third-order valence-electron chi connectivity index (χ3n) is 5.58. The number of nitriles is 1. The molecule has 0 N–H and O–H groups in total. The largest absolute Gasteiger partial charge is 0.493 e. The molecule has 30 heavy (non-hydrogen) atoms. The number of ether oxygens (including phenoxy) is 2. The molecule has 0 unspecified atom stereocenters. The first-order valence-corrected chi connectivity index (χ1v) is 10.3. The molecule has 4 nitrogen and oxygen atoms in total. The number of nitrogens with zero attached hydrogens (tertiary/aromatic N) is 1. The number of hydrogen-bond donors (Lipinski definition) is 0. The van der Waals surface area contributed by atoms with Crippen molar-refractivity contribution in [1.82, 2.24) is 0 Å². The predicted molar refractivity (Wildman–Crippen MR) is 108 cm³/mol. The molecule has 0 saturated heterocycles. The Morgan fingerprint density at radius 2 is 1.63 bits per heavy atom. The second-order valence-corrected chi connectivity index (χ2v) is 7.77. The van der Waals surface area contributed by atoms with Crippen LogP contribution in [0, 0.1) is 34.8 Å². The lowest BCUT2D eigenvalue weighted by atomic mass is 9.80.